The fourth-order valence-electron chi connectivity index (χ4n) is 4.45. The molecule has 4 aromatic rings. The monoisotopic (exact) mass is 602 g/mol. The lowest BCUT2D eigenvalue weighted by atomic mass is 10.1. The van der Waals surface area contributed by atoms with Gasteiger partial charge in [-0.1, -0.05) is 21.4 Å². The molecule has 3 aromatic heterocycles. The number of hydrogen-bond donors (Lipinski definition) is 2. The van der Waals surface area contributed by atoms with Gasteiger partial charge in [0.05, 0.1) is 28.2 Å². The van der Waals surface area contributed by atoms with Crippen LogP contribution in [-0.4, -0.2) is 52.7 Å². The fraction of sp³-hybridized carbons (Fsp3) is 0.385. The lowest BCUT2D eigenvalue weighted by Crippen LogP contribution is -2.34. The molecule has 2 N–H and O–H groups in total. The van der Waals surface area contributed by atoms with E-state index >= 15 is 0 Å². The summed E-state index contributed by atoms with van der Waals surface area (Å²) in [4.78, 5) is 36.3. The first-order valence-electron chi connectivity index (χ1n) is 12.7. The van der Waals surface area contributed by atoms with E-state index in [1.165, 1.54) is 35.9 Å². The van der Waals surface area contributed by atoms with Crippen LogP contribution in [0.4, 0.5) is 14.6 Å². The lowest BCUT2D eigenvalue weighted by Gasteiger charge is -2.24. The summed E-state index contributed by atoms with van der Waals surface area (Å²) >= 11 is 0. The van der Waals surface area contributed by atoms with Gasteiger partial charge in [0.2, 0.25) is 5.88 Å². The van der Waals surface area contributed by atoms with Crippen molar-refractivity contribution < 1.29 is 17.7 Å². The van der Waals surface area contributed by atoms with Gasteiger partial charge in [0.15, 0.2) is 17.3 Å². The second kappa shape index (κ2) is 10.6. The van der Waals surface area contributed by atoms with E-state index < -0.39 is 27.0 Å². The van der Waals surface area contributed by atoms with Gasteiger partial charge < -0.3 is 10.1 Å². The topological polar surface area (TPSA) is 149 Å². The number of fused-ring (bicyclic) bond motifs is 1. The van der Waals surface area contributed by atoms with E-state index in [1.54, 1.807) is 31.2 Å². The molecule has 0 radical (unpaired) electrons. The highest BCUT2D eigenvalue weighted by Gasteiger charge is 2.36. The van der Waals surface area contributed by atoms with Crippen molar-refractivity contribution in [3.8, 4) is 17.3 Å². The van der Waals surface area contributed by atoms with Crippen LogP contribution in [0, 0.1) is 11.7 Å². The van der Waals surface area contributed by atoms with E-state index in [9.17, 15) is 17.8 Å². The Balaban J connectivity index is 1.65. The highest BCUT2D eigenvalue weighted by atomic mass is 32.2. The van der Waals surface area contributed by atoms with E-state index in [-0.39, 0.29) is 41.1 Å². The number of ether oxygens (including phenoxy) is 1. The van der Waals surface area contributed by atoms with Crippen molar-refractivity contribution >= 4 is 36.0 Å². The Morgan fingerprint density at radius 1 is 1.22 bits per heavy atom. The van der Waals surface area contributed by atoms with Crippen LogP contribution in [0.2, 0.25) is 0 Å². The van der Waals surface area contributed by atoms with Crippen molar-refractivity contribution in [3.05, 3.63) is 57.9 Å². The van der Waals surface area contributed by atoms with Gasteiger partial charge in [-0.25, -0.2) is 42.7 Å². The summed E-state index contributed by atoms with van der Waals surface area (Å²) in [5.74, 6) is 0.440. The molecular weight excluding hydrogens is 573 g/mol. The van der Waals surface area contributed by atoms with Gasteiger partial charge >= 0.3 is 0 Å². The standard InChI is InChI=1S/C26H29F2N8O3PS/c1-13-19-23(35-21(33-13)18-20(16-7-8-16)31-12-32-24(18)39-3)36(14(2)26(27,28)40)25(37)22(34-19)30-11-15-5-9-17(10-6-15)41(4,29)38/h5-6,9-10,12,14,16,29H,7-8,11,40H2,1-4H3,(H,30,34)/t14-,41?/m0/s1. The van der Waals surface area contributed by atoms with Crippen LogP contribution in [0.5, 0.6) is 5.88 Å². The van der Waals surface area contributed by atoms with Crippen molar-refractivity contribution in [1.29, 1.82) is 4.78 Å². The summed E-state index contributed by atoms with van der Waals surface area (Å²) in [5, 5.41) is 2.94. The molecule has 0 bridgehead atoms. The second-order valence-corrected chi connectivity index (χ2v) is 13.0. The number of anilines is 1. The van der Waals surface area contributed by atoms with Gasteiger partial charge in [-0.3, -0.25) is 9.36 Å². The molecule has 2 unspecified atom stereocenters. The molecule has 0 amide bonds. The Kier molecular flexibility index (Phi) is 7.49. The van der Waals surface area contributed by atoms with Crippen molar-refractivity contribution in [2.75, 3.05) is 18.7 Å². The first-order chi connectivity index (χ1) is 19.3. The Labute approximate surface area is 237 Å². The maximum Gasteiger partial charge on any atom is 0.295 e. The minimum absolute atomic E-state index is 0.0529. The highest BCUT2D eigenvalue weighted by Crippen LogP contribution is 2.45. The van der Waals surface area contributed by atoms with Gasteiger partial charge in [0.1, 0.15) is 23.4 Å². The number of hydrogen-bond acceptors (Lipinski definition) is 10. The summed E-state index contributed by atoms with van der Waals surface area (Å²) < 4.78 is 55.5. The highest BCUT2D eigenvalue weighted by molar-refractivity contribution is 7.91. The molecule has 15 heteroatoms. The van der Waals surface area contributed by atoms with Crippen LogP contribution in [0.1, 0.15) is 48.7 Å². The summed E-state index contributed by atoms with van der Waals surface area (Å²) in [6, 6.07) is 4.90. The molecule has 1 aromatic carbocycles. The molecule has 1 fully saturated rings. The normalized spacial score (nSPS) is 15.9. The zero-order valence-corrected chi connectivity index (χ0v) is 24.8. The van der Waals surface area contributed by atoms with Gasteiger partial charge in [-0.05, 0) is 44.4 Å². The van der Waals surface area contributed by atoms with Crippen molar-refractivity contribution in [1.82, 2.24) is 29.5 Å². The minimum atomic E-state index is -3.35. The van der Waals surface area contributed by atoms with E-state index in [1.807, 2.05) is 0 Å². The smallest absolute Gasteiger partial charge is 0.295 e. The lowest BCUT2D eigenvalue weighted by molar-refractivity contribution is 0.0507. The molecule has 216 valence electrons. The molecule has 0 spiro atoms. The summed E-state index contributed by atoms with van der Waals surface area (Å²) in [6.45, 7) is 3.03. The predicted octanol–water partition coefficient (Wildman–Crippen LogP) is 4.51. The number of methoxy groups -OCH3 is 1. The van der Waals surface area contributed by atoms with Gasteiger partial charge in [-0.2, -0.15) is 0 Å². The Morgan fingerprint density at radius 2 is 1.90 bits per heavy atom. The molecular formula is C26H29F2N8O3PS. The van der Waals surface area contributed by atoms with Crippen LogP contribution in [-0.2, 0) is 16.3 Å². The van der Waals surface area contributed by atoms with Crippen LogP contribution in [0.15, 0.2) is 40.3 Å². The van der Waals surface area contributed by atoms with E-state index in [0.29, 0.717) is 27.4 Å². The largest absolute Gasteiger partial charge is 0.480 e. The van der Waals surface area contributed by atoms with Crippen LogP contribution >= 0.6 is 9.24 Å². The summed E-state index contributed by atoms with van der Waals surface area (Å²) in [7, 11) is 0.0761. The third kappa shape index (κ3) is 5.76. The molecule has 11 nitrogen and oxygen atoms in total. The third-order valence-electron chi connectivity index (χ3n) is 6.91. The Morgan fingerprint density at radius 3 is 2.49 bits per heavy atom. The molecule has 1 aliphatic carbocycles. The number of halogens is 2. The number of nitrogens with one attached hydrogen (secondary N) is 2. The van der Waals surface area contributed by atoms with Gasteiger partial charge in [-0.15, -0.1) is 0 Å². The van der Waals surface area contributed by atoms with Crippen LogP contribution < -0.4 is 15.6 Å². The zero-order chi connectivity index (χ0) is 29.7. The molecule has 0 aliphatic heterocycles. The average Bonchev–Trinajstić information content (AvgIpc) is 3.76. The fourth-order valence-corrected chi connectivity index (χ4v) is 5.25. The molecule has 1 aliphatic rings. The predicted molar refractivity (Wildman–Crippen MR) is 154 cm³/mol. The van der Waals surface area contributed by atoms with Crippen LogP contribution in [0.25, 0.3) is 22.6 Å². The first kappa shape index (κ1) is 28.9. The number of benzene rings is 1. The quantitative estimate of drug-likeness (QED) is 0.264. The molecule has 3 atom stereocenters. The number of rotatable bonds is 9. The number of aromatic nitrogens is 6. The van der Waals surface area contributed by atoms with Crippen LogP contribution in [0.3, 0.4) is 0 Å². The first-order valence-corrected chi connectivity index (χ1v) is 15.3. The van der Waals surface area contributed by atoms with Crippen molar-refractivity contribution in [2.24, 2.45) is 0 Å². The molecule has 3 heterocycles. The number of nitrogens with zero attached hydrogens (tertiary/aromatic N) is 6. The molecule has 0 saturated heterocycles. The third-order valence-corrected chi connectivity index (χ3v) is 8.57. The van der Waals surface area contributed by atoms with Crippen molar-refractivity contribution in [3.63, 3.8) is 0 Å². The molecule has 41 heavy (non-hydrogen) atoms. The van der Waals surface area contributed by atoms with Gasteiger partial charge in [0, 0.05) is 23.6 Å². The molecule has 5 rings (SSSR count). The zero-order valence-electron chi connectivity index (χ0n) is 22.8. The second-order valence-electron chi connectivity index (χ2n) is 10.0. The van der Waals surface area contributed by atoms with E-state index in [0.717, 1.165) is 17.4 Å². The van der Waals surface area contributed by atoms with Crippen molar-refractivity contribution in [2.45, 2.75) is 55.8 Å². The summed E-state index contributed by atoms with van der Waals surface area (Å²) in [5.41, 5.74) is -1.77. The SMILES string of the molecule is COc1ncnc(C2CC2)c1-c1nc(C)c2nc(NCc3ccc(S(C)(=N)=O)cc3)c(=O)n([C@@H](C)C(F)(F)P)c2n1. The maximum atomic E-state index is 14.7. The summed E-state index contributed by atoms with van der Waals surface area (Å²) in [6.07, 6.45) is 4.59. The molecule has 1 saturated carbocycles. The Bertz CT molecular complexity index is 1810. The minimum Gasteiger partial charge on any atom is -0.480 e. The Hall–Kier alpha value is -3.64. The number of alkyl halides is 2. The maximum absolute atomic E-state index is 14.7. The van der Waals surface area contributed by atoms with E-state index in [4.69, 9.17) is 9.52 Å². The number of aryl methyl sites for hydroxylation is 1. The average molecular weight is 603 g/mol. The van der Waals surface area contributed by atoms with Gasteiger partial charge in [0.25, 0.3) is 11.2 Å². The van der Waals surface area contributed by atoms with E-state index in [2.05, 4.69) is 30.2 Å².